The second-order valence-corrected chi connectivity index (χ2v) is 4.45. The van der Waals surface area contributed by atoms with Gasteiger partial charge in [0.1, 0.15) is 5.51 Å². The molecule has 2 amide bonds. The van der Waals surface area contributed by atoms with E-state index in [0.717, 1.165) is 0 Å². The van der Waals surface area contributed by atoms with Crippen molar-refractivity contribution in [3.05, 3.63) is 35.3 Å². The number of benzene rings is 1. The van der Waals surface area contributed by atoms with E-state index < -0.39 is 12.0 Å². The molecule has 8 heteroatoms. The van der Waals surface area contributed by atoms with E-state index >= 15 is 0 Å². The summed E-state index contributed by atoms with van der Waals surface area (Å²) in [6.07, 6.45) is 0. The quantitative estimate of drug-likeness (QED) is 0.844. The van der Waals surface area contributed by atoms with Crippen LogP contribution in [0.2, 0.25) is 0 Å². The normalized spacial score (nSPS) is 9.85. The van der Waals surface area contributed by atoms with Gasteiger partial charge < -0.3 is 10.1 Å². The minimum absolute atomic E-state index is 0.323. The van der Waals surface area contributed by atoms with Crippen molar-refractivity contribution in [2.24, 2.45) is 0 Å². The van der Waals surface area contributed by atoms with Crippen LogP contribution in [0.4, 0.5) is 15.6 Å². The predicted molar refractivity (Wildman–Crippen MR) is 74.9 cm³/mol. The average Bonchev–Trinajstić information content (AvgIpc) is 2.92. The zero-order valence-electron chi connectivity index (χ0n) is 10.6. The zero-order chi connectivity index (χ0) is 14.4. The number of nitrogens with one attached hydrogen (secondary N) is 2. The van der Waals surface area contributed by atoms with Crippen molar-refractivity contribution in [3.63, 3.8) is 0 Å². The fourth-order valence-corrected chi connectivity index (χ4v) is 1.83. The molecule has 0 aliphatic rings. The van der Waals surface area contributed by atoms with Gasteiger partial charge in [-0.1, -0.05) is 11.3 Å². The van der Waals surface area contributed by atoms with Gasteiger partial charge >= 0.3 is 12.0 Å². The van der Waals surface area contributed by atoms with Crippen molar-refractivity contribution in [2.45, 2.75) is 6.92 Å². The van der Waals surface area contributed by atoms with Crippen LogP contribution in [0.25, 0.3) is 0 Å². The minimum Gasteiger partial charge on any atom is -0.462 e. The average molecular weight is 292 g/mol. The largest absolute Gasteiger partial charge is 0.462 e. The minimum atomic E-state index is -0.425. The molecule has 2 aromatic rings. The molecule has 0 bridgehead atoms. The van der Waals surface area contributed by atoms with Gasteiger partial charge in [0.05, 0.1) is 12.2 Å². The first-order valence-corrected chi connectivity index (χ1v) is 6.68. The second-order valence-electron chi connectivity index (χ2n) is 3.62. The lowest BCUT2D eigenvalue weighted by Crippen LogP contribution is -2.19. The van der Waals surface area contributed by atoms with Crippen molar-refractivity contribution in [2.75, 3.05) is 17.2 Å². The molecule has 104 valence electrons. The number of aromatic nitrogens is 2. The highest BCUT2D eigenvalue weighted by molar-refractivity contribution is 7.13. The van der Waals surface area contributed by atoms with Crippen molar-refractivity contribution >= 4 is 34.2 Å². The van der Waals surface area contributed by atoms with Gasteiger partial charge in [-0.3, -0.25) is 5.32 Å². The molecule has 0 unspecified atom stereocenters. The smallest absolute Gasteiger partial charge is 0.338 e. The highest BCUT2D eigenvalue weighted by Gasteiger charge is 2.08. The highest BCUT2D eigenvalue weighted by atomic mass is 32.1. The van der Waals surface area contributed by atoms with Crippen LogP contribution in [0.15, 0.2) is 29.8 Å². The van der Waals surface area contributed by atoms with Gasteiger partial charge in [0.2, 0.25) is 5.13 Å². The summed E-state index contributed by atoms with van der Waals surface area (Å²) in [5, 5.41) is 12.9. The van der Waals surface area contributed by atoms with Gasteiger partial charge in [-0.25, -0.2) is 9.59 Å². The third kappa shape index (κ3) is 3.75. The third-order valence-electron chi connectivity index (χ3n) is 2.23. The third-order valence-corrected chi connectivity index (χ3v) is 2.84. The maximum absolute atomic E-state index is 11.6. The van der Waals surface area contributed by atoms with E-state index in [2.05, 4.69) is 20.8 Å². The molecule has 1 aromatic carbocycles. The second kappa shape index (κ2) is 6.62. The highest BCUT2D eigenvalue weighted by Crippen LogP contribution is 2.12. The molecule has 0 aliphatic carbocycles. The Hall–Kier alpha value is -2.48. The number of anilines is 2. The molecule has 0 saturated heterocycles. The molecule has 2 N–H and O–H groups in total. The number of hydrogen-bond donors (Lipinski definition) is 2. The first-order chi connectivity index (χ1) is 9.69. The summed E-state index contributed by atoms with van der Waals surface area (Å²) in [4.78, 5) is 23.1. The summed E-state index contributed by atoms with van der Waals surface area (Å²) in [5.41, 5.74) is 2.51. The number of urea groups is 1. The van der Waals surface area contributed by atoms with Crippen molar-refractivity contribution < 1.29 is 14.3 Å². The van der Waals surface area contributed by atoms with E-state index in [0.29, 0.717) is 23.0 Å². The molecule has 0 aliphatic heterocycles. The molecule has 0 atom stereocenters. The number of esters is 1. The van der Waals surface area contributed by atoms with Gasteiger partial charge in [0.25, 0.3) is 0 Å². The first-order valence-electron chi connectivity index (χ1n) is 5.80. The van der Waals surface area contributed by atoms with Crippen molar-refractivity contribution in [1.82, 2.24) is 10.2 Å². The molecule has 0 fully saturated rings. The summed E-state index contributed by atoms with van der Waals surface area (Å²) in [6, 6.07) is 5.97. The molecule has 0 saturated carbocycles. The molecule has 0 spiro atoms. The monoisotopic (exact) mass is 292 g/mol. The standard InChI is InChI=1S/C12H12N4O3S/c1-2-19-10(17)8-3-5-9(6-4-8)14-11(18)15-12-16-13-7-20-12/h3-7H,2H2,1H3,(H2,14,15,16,18). The number of nitrogens with zero attached hydrogens (tertiary/aromatic N) is 2. The van der Waals surface area contributed by atoms with E-state index in [1.165, 1.54) is 16.8 Å². The van der Waals surface area contributed by atoms with Crippen molar-refractivity contribution in [3.8, 4) is 0 Å². The molecule has 1 heterocycles. The van der Waals surface area contributed by atoms with Gasteiger partial charge in [0.15, 0.2) is 0 Å². The maximum atomic E-state index is 11.6. The van der Waals surface area contributed by atoms with E-state index in [4.69, 9.17) is 4.74 Å². The van der Waals surface area contributed by atoms with Crippen molar-refractivity contribution in [1.29, 1.82) is 0 Å². The molecule has 1 aromatic heterocycles. The van der Waals surface area contributed by atoms with Gasteiger partial charge in [-0.15, -0.1) is 10.2 Å². The Balaban J connectivity index is 1.93. The number of rotatable bonds is 4. The number of carbonyl (C=O) groups excluding carboxylic acids is 2. The lowest BCUT2D eigenvalue weighted by atomic mass is 10.2. The van der Waals surface area contributed by atoms with Crippen LogP contribution >= 0.6 is 11.3 Å². The number of hydrogen-bond acceptors (Lipinski definition) is 6. The molecule has 7 nitrogen and oxygen atoms in total. The predicted octanol–water partition coefficient (Wildman–Crippen LogP) is 2.36. The van der Waals surface area contributed by atoms with E-state index in [9.17, 15) is 9.59 Å². The Morgan fingerprint density at radius 2 is 2.00 bits per heavy atom. The van der Waals surface area contributed by atoms with E-state index in [1.54, 1.807) is 31.2 Å². The zero-order valence-corrected chi connectivity index (χ0v) is 11.4. The van der Waals surface area contributed by atoms with Crippen LogP contribution < -0.4 is 10.6 Å². The fourth-order valence-electron chi connectivity index (χ4n) is 1.39. The van der Waals surface area contributed by atoms with Crippen LogP contribution in [0.3, 0.4) is 0 Å². The lowest BCUT2D eigenvalue weighted by molar-refractivity contribution is 0.0526. The maximum Gasteiger partial charge on any atom is 0.338 e. The van der Waals surface area contributed by atoms with Gasteiger partial charge in [-0.2, -0.15) is 0 Å². The Morgan fingerprint density at radius 3 is 2.60 bits per heavy atom. The Morgan fingerprint density at radius 1 is 1.25 bits per heavy atom. The van der Waals surface area contributed by atoms with Crippen LogP contribution in [0, 0.1) is 0 Å². The Labute approximate surface area is 119 Å². The number of carbonyl (C=O) groups is 2. The van der Waals surface area contributed by atoms with Crippen LogP contribution in [0.1, 0.15) is 17.3 Å². The summed E-state index contributed by atoms with van der Waals surface area (Å²) >= 11 is 1.22. The SMILES string of the molecule is CCOC(=O)c1ccc(NC(=O)Nc2nncs2)cc1. The Kier molecular flexibility index (Phi) is 4.61. The molecule has 2 rings (SSSR count). The number of amides is 2. The van der Waals surface area contributed by atoms with Gasteiger partial charge in [0, 0.05) is 5.69 Å². The fraction of sp³-hybridized carbons (Fsp3) is 0.167. The first kappa shape index (κ1) is 13.9. The Bertz CT molecular complexity index is 583. The number of ether oxygens (including phenoxy) is 1. The van der Waals surface area contributed by atoms with E-state index in [-0.39, 0.29) is 0 Å². The van der Waals surface area contributed by atoms with Crippen LogP contribution in [-0.2, 0) is 4.74 Å². The molecule has 20 heavy (non-hydrogen) atoms. The molecule has 0 radical (unpaired) electrons. The summed E-state index contributed by atoms with van der Waals surface area (Å²) in [6.45, 7) is 2.06. The molecular formula is C12H12N4O3S. The lowest BCUT2D eigenvalue weighted by Gasteiger charge is -2.06. The van der Waals surface area contributed by atoms with Crippen LogP contribution in [0.5, 0.6) is 0 Å². The van der Waals surface area contributed by atoms with Crippen LogP contribution in [-0.4, -0.2) is 28.8 Å². The topological polar surface area (TPSA) is 93.2 Å². The molecular weight excluding hydrogens is 280 g/mol. The summed E-state index contributed by atoms with van der Waals surface area (Å²) in [7, 11) is 0. The van der Waals surface area contributed by atoms with Gasteiger partial charge in [-0.05, 0) is 31.2 Å². The summed E-state index contributed by atoms with van der Waals surface area (Å²) in [5.74, 6) is -0.391. The summed E-state index contributed by atoms with van der Waals surface area (Å²) < 4.78 is 4.87. The van der Waals surface area contributed by atoms with E-state index in [1.807, 2.05) is 0 Å².